The SMILES string of the molecule is CC(C)(C)c1ccc(CC(=O)C2CC2(C)C)cc1. The fraction of sp³-hybridized carbons (Fsp3) is 0.588. The molecule has 1 aliphatic carbocycles. The normalized spacial score (nSPS) is 21.7. The van der Waals surface area contributed by atoms with E-state index in [2.05, 4.69) is 58.9 Å². The molecule has 1 aliphatic rings. The van der Waals surface area contributed by atoms with Crippen LogP contribution in [0.25, 0.3) is 0 Å². The third kappa shape index (κ3) is 2.82. The van der Waals surface area contributed by atoms with E-state index >= 15 is 0 Å². The summed E-state index contributed by atoms with van der Waals surface area (Å²) in [6.45, 7) is 11.0. The topological polar surface area (TPSA) is 17.1 Å². The predicted molar refractivity (Wildman–Crippen MR) is 75.7 cm³/mol. The molecule has 1 atom stereocenters. The molecule has 1 nitrogen and oxygen atoms in total. The van der Waals surface area contributed by atoms with E-state index in [1.807, 2.05) is 0 Å². The van der Waals surface area contributed by atoms with Crippen LogP contribution in [0.1, 0.15) is 52.2 Å². The fourth-order valence-corrected chi connectivity index (χ4v) is 2.46. The highest BCUT2D eigenvalue weighted by molar-refractivity contribution is 5.86. The lowest BCUT2D eigenvalue weighted by atomic mass is 9.86. The van der Waals surface area contributed by atoms with Crippen LogP contribution >= 0.6 is 0 Å². The van der Waals surface area contributed by atoms with Crippen LogP contribution in [0.15, 0.2) is 24.3 Å². The Bertz CT molecular complexity index is 445. The van der Waals surface area contributed by atoms with E-state index in [1.165, 1.54) is 5.56 Å². The first-order valence-corrected chi connectivity index (χ1v) is 6.82. The second-order valence-corrected chi connectivity index (χ2v) is 7.34. The average molecular weight is 244 g/mol. The van der Waals surface area contributed by atoms with E-state index < -0.39 is 0 Å². The highest BCUT2D eigenvalue weighted by Crippen LogP contribution is 2.52. The van der Waals surface area contributed by atoms with Crippen molar-refractivity contribution in [1.29, 1.82) is 0 Å². The third-order valence-electron chi connectivity index (χ3n) is 4.10. The quantitative estimate of drug-likeness (QED) is 0.781. The zero-order chi connectivity index (χ0) is 13.6. The monoisotopic (exact) mass is 244 g/mol. The van der Waals surface area contributed by atoms with Crippen molar-refractivity contribution in [3.8, 4) is 0 Å². The molecule has 2 rings (SSSR count). The molecule has 0 amide bonds. The predicted octanol–water partition coefficient (Wildman–Crippen LogP) is 4.14. The molecule has 0 saturated heterocycles. The molecule has 0 aliphatic heterocycles. The maximum absolute atomic E-state index is 12.1. The minimum Gasteiger partial charge on any atom is -0.299 e. The van der Waals surface area contributed by atoms with Crippen molar-refractivity contribution in [1.82, 2.24) is 0 Å². The number of carbonyl (C=O) groups excluding carboxylic acids is 1. The van der Waals surface area contributed by atoms with Gasteiger partial charge in [-0.1, -0.05) is 58.9 Å². The molecule has 0 N–H and O–H groups in total. The minimum absolute atomic E-state index is 0.182. The Kier molecular flexibility index (Phi) is 3.12. The number of Topliss-reactive ketones (excluding diaryl/α,β-unsaturated/α-hetero) is 1. The summed E-state index contributed by atoms with van der Waals surface area (Å²) in [4.78, 5) is 12.1. The standard InChI is InChI=1S/C17H24O/c1-16(2,3)13-8-6-12(7-9-13)10-15(18)14-11-17(14,4)5/h6-9,14H,10-11H2,1-5H3. The first kappa shape index (κ1) is 13.3. The number of hydrogen-bond acceptors (Lipinski definition) is 1. The fourth-order valence-electron chi connectivity index (χ4n) is 2.46. The molecule has 0 bridgehead atoms. The molecule has 1 fully saturated rings. The Labute approximate surface area is 111 Å². The molecule has 0 aromatic heterocycles. The van der Waals surface area contributed by atoms with Gasteiger partial charge in [-0.25, -0.2) is 0 Å². The molecule has 18 heavy (non-hydrogen) atoms. The highest BCUT2D eigenvalue weighted by atomic mass is 16.1. The van der Waals surface area contributed by atoms with Gasteiger partial charge in [-0.15, -0.1) is 0 Å². The van der Waals surface area contributed by atoms with Crippen LogP contribution in [-0.2, 0) is 16.6 Å². The van der Waals surface area contributed by atoms with Crippen LogP contribution in [0, 0.1) is 11.3 Å². The average Bonchev–Trinajstić information content (AvgIpc) is 2.87. The van der Waals surface area contributed by atoms with E-state index in [4.69, 9.17) is 0 Å². The molecule has 0 heterocycles. The third-order valence-corrected chi connectivity index (χ3v) is 4.10. The molecule has 1 aromatic rings. The van der Waals surface area contributed by atoms with Gasteiger partial charge in [0.1, 0.15) is 5.78 Å². The van der Waals surface area contributed by atoms with E-state index in [0.717, 1.165) is 12.0 Å². The van der Waals surface area contributed by atoms with E-state index in [9.17, 15) is 4.79 Å². The zero-order valence-electron chi connectivity index (χ0n) is 12.2. The van der Waals surface area contributed by atoms with Crippen LogP contribution in [0.2, 0.25) is 0 Å². The largest absolute Gasteiger partial charge is 0.299 e. The minimum atomic E-state index is 0.182. The number of benzene rings is 1. The summed E-state index contributed by atoms with van der Waals surface area (Å²) in [5.41, 5.74) is 2.91. The van der Waals surface area contributed by atoms with E-state index in [-0.39, 0.29) is 10.8 Å². The van der Waals surface area contributed by atoms with Crippen LogP contribution in [0.4, 0.5) is 0 Å². The lowest BCUT2D eigenvalue weighted by Gasteiger charge is -2.19. The van der Waals surface area contributed by atoms with Gasteiger partial charge in [-0.3, -0.25) is 4.79 Å². The van der Waals surface area contributed by atoms with Gasteiger partial charge in [0.05, 0.1) is 0 Å². The van der Waals surface area contributed by atoms with Gasteiger partial charge in [-0.05, 0) is 28.4 Å². The summed E-state index contributed by atoms with van der Waals surface area (Å²) in [5, 5.41) is 0. The molecular formula is C17H24O. The molecule has 0 radical (unpaired) electrons. The van der Waals surface area contributed by atoms with Crippen LogP contribution in [-0.4, -0.2) is 5.78 Å². The van der Waals surface area contributed by atoms with Crippen molar-refractivity contribution in [3.05, 3.63) is 35.4 Å². The van der Waals surface area contributed by atoms with Crippen molar-refractivity contribution in [2.75, 3.05) is 0 Å². The Morgan fingerprint density at radius 1 is 1.22 bits per heavy atom. The van der Waals surface area contributed by atoms with E-state index in [0.29, 0.717) is 18.1 Å². The van der Waals surface area contributed by atoms with Gasteiger partial charge < -0.3 is 0 Å². The highest BCUT2D eigenvalue weighted by Gasteiger charge is 2.49. The lowest BCUT2D eigenvalue weighted by molar-refractivity contribution is -0.120. The molecule has 1 saturated carbocycles. The Morgan fingerprint density at radius 2 is 1.72 bits per heavy atom. The van der Waals surface area contributed by atoms with Crippen molar-refractivity contribution < 1.29 is 4.79 Å². The van der Waals surface area contributed by atoms with Gasteiger partial charge in [0.15, 0.2) is 0 Å². The summed E-state index contributed by atoms with van der Waals surface area (Å²) in [6, 6.07) is 8.52. The number of ketones is 1. The molecule has 1 aromatic carbocycles. The van der Waals surface area contributed by atoms with Crippen LogP contribution < -0.4 is 0 Å². The van der Waals surface area contributed by atoms with Gasteiger partial charge in [-0.2, -0.15) is 0 Å². The van der Waals surface area contributed by atoms with Crippen LogP contribution in [0.5, 0.6) is 0 Å². The molecule has 1 heteroatoms. The molecule has 1 unspecified atom stereocenters. The van der Waals surface area contributed by atoms with Gasteiger partial charge in [0.2, 0.25) is 0 Å². The second kappa shape index (κ2) is 4.22. The van der Waals surface area contributed by atoms with Crippen molar-refractivity contribution in [2.45, 2.75) is 52.9 Å². The number of hydrogen-bond donors (Lipinski definition) is 0. The summed E-state index contributed by atoms with van der Waals surface area (Å²) >= 11 is 0. The zero-order valence-corrected chi connectivity index (χ0v) is 12.2. The molecule has 0 spiro atoms. The van der Waals surface area contributed by atoms with E-state index in [1.54, 1.807) is 0 Å². The lowest BCUT2D eigenvalue weighted by Crippen LogP contribution is -2.12. The van der Waals surface area contributed by atoms with Crippen molar-refractivity contribution in [3.63, 3.8) is 0 Å². The maximum Gasteiger partial charge on any atom is 0.140 e. The summed E-state index contributed by atoms with van der Waals surface area (Å²) in [7, 11) is 0. The van der Waals surface area contributed by atoms with Crippen molar-refractivity contribution >= 4 is 5.78 Å². The van der Waals surface area contributed by atoms with Gasteiger partial charge in [0, 0.05) is 12.3 Å². The van der Waals surface area contributed by atoms with Gasteiger partial charge in [0.25, 0.3) is 0 Å². The smallest absolute Gasteiger partial charge is 0.140 e. The Balaban J connectivity index is 2.01. The maximum atomic E-state index is 12.1. The first-order chi connectivity index (χ1) is 8.20. The first-order valence-electron chi connectivity index (χ1n) is 6.82. The van der Waals surface area contributed by atoms with Gasteiger partial charge >= 0.3 is 0 Å². The second-order valence-electron chi connectivity index (χ2n) is 7.34. The Hall–Kier alpha value is -1.11. The summed E-state index contributed by atoms with van der Waals surface area (Å²) in [5.74, 6) is 0.698. The number of carbonyl (C=O) groups is 1. The Morgan fingerprint density at radius 3 is 2.11 bits per heavy atom. The van der Waals surface area contributed by atoms with Crippen LogP contribution in [0.3, 0.4) is 0 Å². The molecule has 98 valence electrons. The summed E-state index contributed by atoms with van der Waals surface area (Å²) < 4.78 is 0. The molecular weight excluding hydrogens is 220 g/mol. The number of rotatable bonds is 3. The van der Waals surface area contributed by atoms with Crippen molar-refractivity contribution in [2.24, 2.45) is 11.3 Å². The summed E-state index contributed by atoms with van der Waals surface area (Å²) in [6.07, 6.45) is 1.66.